The molecule has 0 bridgehead atoms. The first kappa shape index (κ1) is 8.72. The molecule has 0 nitrogen and oxygen atoms in total. The highest BCUT2D eigenvalue weighted by molar-refractivity contribution is 9.10. The van der Waals surface area contributed by atoms with Crippen LogP contribution in [-0.2, 0) is 0 Å². The van der Waals surface area contributed by atoms with E-state index in [2.05, 4.69) is 15.9 Å². The number of benzene rings is 1. The van der Waals surface area contributed by atoms with E-state index >= 15 is 0 Å². The summed E-state index contributed by atoms with van der Waals surface area (Å²) >= 11 is 3.30. The van der Waals surface area contributed by atoms with Crippen LogP contribution >= 0.6 is 15.9 Å². The Labute approximate surface area is 74.6 Å². The Morgan fingerprint density at radius 3 is 2.45 bits per heavy atom. The lowest BCUT2D eigenvalue weighted by Gasteiger charge is -2.06. The fourth-order valence-electron chi connectivity index (χ4n) is 0.957. The molecule has 1 rings (SSSR count). The number of rotatable bonds is 1. The highest BCUT2D eigenvalue weighted by Gasteiger charge is 2.05. The van der Waals surface area contributed by atoms with Crippen molar-refractivity contribution in [2.75, 3.05) is 0 Å². The molecule has 0 fully saturated rings. The molecule has 1 aromatic rings. The van der Waals surface area contributed by atoms with Gasteiger partial charge in [0, 0.05) is 4.47 Å². The van der Waals surface area contributed by atoms with Gasteiger partial charge >= 0.3 is 0 Å². The average Bonchev–Trinajstić information content (AvgIpc) is 1.94. The van der Waals surface area contributed by atoms with Gasteiger partial charge in [0.25, 0.3) is 0 Å². The highest BCUT2D eigenvalue weighted by Crippen LogP contribution is 2.22. The van der Waals surface area contributed by atoms with Crippen molar-refractivity contribution in [1.82, 2.24) is 0 Å². The zero-order chi connectivity index (χ0) is 8.43. The first-order valence-electron chi connectivity index (χ1n) is 3.56. The molecule has 11 heavy (non-hydrogen) atoms. The maximum Gasteiger partial charge on any atom is 0.126 e. The molecule has 60 valence electrons. The Morgan fingerprint density at radius 1 is 1.36 bits per heavy atom. The predicted molar refractivity (Wildman–Crippen MR) is 48.2 cm³/mol. The van der Waals surface area contributed by atoms with Gasteiger partial charge in [-0.05, 0) is 29.7 Å². The summed E-state index contributed by atoms with van der Waals surface area (Å²) in [5.41, 5.74) is 0.763. The van der Waals surface area contributed by atoms with E-state index in [1.807, 2.05) is 19.9 Å². The summed E-state index contributed by atoms with van der Waals surface area (Å²) in [6, 6.07) is 5.01. The molecular formula is C9H10BrF. The molecule has 0 aromatic heterocycles. The first-order valence-corrected chi connectivity index (χ1v) is 4.35. The van der Waals surface area contributed by atoms with E-state index in [1.165, 1.54) is 6.07 Å². The molecule has 0 heterocycles. The zero-order valence-corrected chi connectivity index (χ0v) is 8.15. The molecular weight excluding hydrogens is 207 g/mol. The van der Waals surface area contributed by atoms with Crippen LogP contribution in [0.5, 0.6) is 0 Å². The van der Waals surface area contributed by atoms with Crippen molar-refractivity contribution in [1.29, 1.82) is 0 Å². The van der Waals surface area contributed by atoms with Gasteiger partial charge in [-0.25, -0.2) is 4.39 Å². The van der Waals surface area contributed by atoms with Gasteiger partial charge in [0.1, 0.15) is 5.82 Å². The largest absolute Gasteiger partial charge is 0.207 e. The summed E-state index contributed by atoms with van der Waals surface area (Å²) in [6.07, 6.45) is 0. The maximum atomic E-state index is 13.0. The monoisotopic (exact) mass is 216 g/mol. The second-order valence-electron chi connectivity index (χ2n) is 2.82. The molecule has 0 aliphatic carbocycles. The Hall–Kier alpha value is -0.370. The molecule has 0 aliphatic rings. The number of halogens is 2. The average molecular weight is 217 g/mol. The SMILES string of the molecule is CC(C)c1cc(Br)ccc1F. The third kappa shape index (κ3) is 2.03. The molecule has 2 heteroatoms. The normalized spacial score (nSPS) is 10.6. The lowest BCUT2D eigenvalue weighted by Crippen LogP contribution is -1.91. The van der Waals surface area contributed by atoms with Crippen LogP contribution in [0.3, 0.4) is 0 Å². The quantitative estimate of drug-likeness (QED) is 0.672. The Kier molecular flexibility index (Phi) is 2.66. The molecule has 0 unspecified atom stereocenters. The van der Waals surface area contributed by atoms with Crippen LogP contribution in [0.15, 0.2) is 22.7 Å². The van der Waals surface area contributed by atoms with Gasteiger partial charge in [0.05, 0.1) is 0 Å². The minimum atomic E-state index is -0.122. The number of hydrogen-bond acceptors (Lipinski definition) is 0. The molecule has 0 spiro atoms. The van der Waals surface area contributed by atoms with Gasteiger partial charge in [0.2, 0.25) is 0 Å². The van der Waals surface area contributed by atoms with Gasteiger partial charge in [-0.1, -0.05) is 29.8 Å². The van der Waals surface area contributed by atoms with E-state index in [0.717, 1.165) is 10.0 Å². The topological polar surface area (TPSA) is 0 Å². The van der Waals surface area contributed by atoms with Crippen LogP contribution in [0.25, 0.3) is 0 Å². The standard InChI is InChI=1S/C9H10BrF/c1-6(2)8-5-7(10)3-4-9(8)11/h3-6H,1-2H3. The third-order valence-corrected chi connectivity index (χ3v) is 2.07. The summed E-state index contributed by atoms with van der Waals surface area (Å²) in [5.74, 6) is 0.121. The fourth-order valence-corrected chi connectivity index (χ4v) is 1.34. The van der Waals surface area contributed by atoms with Crippen molar-refractivity contribution in [2.24, 2.45) is 0 Å². The van der Waals surface area contributed by atoms with Crippen LogP contribution in [-0.4, -0.2) is 0 Å². The van der Waals surface area contributed by atoms with Crippen LogP contribution < -0.4 is 0 Å². The van der Waals surface area contributed by atoms with Crippen molar-refractivity contribution in [3.63, 3.8) is 0 Å². The summed E-state index contributed by atoms with van der Waals surface area (Å²) in [5, 5.41) is 0. The van der Waals surface area contributed by atoms with Crippen molar-refractivity contribution < 1.29 is 4.39 Å². The molecule has 1 aromatic carbocycles. The van der Waals surface area contributed by atoms with E-state index in [9.17, 15) is 4.39 Å². The minimum Gasteiger partial charge on any atom is -0.207 e. The Bertz CT molecular complexity index is 256. The summed E-state index contributed by atoms with van der Waals surface area (Å²) in [6.45, 7) is 3.95. The van der Waals surface area contributed by atoms with E-state index in [0.29, 0.717) is 0 Å². The molecule has 0 N–H and O–H groups in total. The molecule has 0 saturated carbocycles. The van der Waals surface area contributed by atoms with Crippen molar-refractivity contribution >= 4 is 15.9 Å². The molecule has 0 amide bonds. The van der Waals surface area contributed by atoms with E-state index in [-0.39, 0.29) is 11.7 Å². The van der Waals surface area contributed by atoms with Gasteiger partial charge in [0.15, 0.2) is 0 Å². The van der Waals surface area contributed by atoms with Gasteiger partial charge in [-0.3, -0.25) is 0 Å². The minimum absolute atomic E-state index is 0.122. The smallest absolute Gasteiger partial charge is 0.126 e. The molecule has 0 saturated heterocycles. The Balaban J connectivity index is 3.13. The van der Waals surface area contributed by atoms with Gasteiger partial charge < -0.3 is 0 Å². The predicted octanol–water partition coefficient (Wildman–Crippen LogP) is 3.71. The van der Waals surface area contributed by atoms with Gasteiger partial charge in [-0.15, -0.1) is 0 Å². The summed E-state index contributed by atoms with van der Waals surface area (Å²) < 4.78 is 13.9. The van der Waals surface area contributed by atoms with E-state index in [1.54, 1.807) is 6.07 Å². The maximum absolute atomic E-state index is 13.0. The second-order valence-corrected chi connectivity index (χ2v) is 3.74. The van der Waals surface area contributed by atoms with E-state index < -0.39 is 0 Å². The van der Waals surface area contributed by atoms with Crippen LogP contribution in [0, 0.1) is 5.82 Å². The van der Waals surface area contributed by atoms with Crippen molar-refractivity contribution in [2.45, 2.75) is 19.8 Å². The van der Waals surface area contributed by atoms with Crippen molar-refractivity contribution in [3.8, 4) is 0 Å². The van der Waals surface area contributed by atoms with Crippen LogP contribution in [0.4, 0.5) is 4.39 Å². The lowest BCUT2D eigenvalue weighted by atomic mass is 10.0. The summed E-state index contributed by atoms with van der Waals surface area (Å²) in [4.78, 5) is 0. The first-order chi connectivity index (χ1) is 5.11. The fraction of sp³-hybridized carbons (Fsp3) is 0.333. The zero-order valence-electron chi connectivity index (χ0n) is 6.57. The molecule has 0 atom stereocenters. The lowest BCUT2D eigenvalue weighted by molar-refractivity contribution is 0.598. The Morgan fingerprint density at radius 2 is 2.00 bits per heavy atom. The molecule has 0 aliphatic heterocycles. The van der Waals surface area contributed by atoms with E-state index in [4.69, 9.17) is 0 Å². The number of hydrogen-bond donors (Lipinski definition) is 0. The van der Waals surface area contributed by atoms with Crippen LogP contribution in [0.2, 0.25) is 0 Å². The van der Waals surface area contributed by atoms with Crippen molar-refractivity contribution in [3.05, 3.63) is 34.1 Å². The van der Waals surface area contributed by atoms with Gasteiger partial charge in [-0.2, -0.15) is 0 Å². The molecule has 0 radical (unpaired) electrons. The van der Waals surface area contributed by atoms with Crippen LogP contribution in [0.1, 0.15) is 25.3 Å². The third-order valence-electron chi connectivity index (χ3n) is 1.58. The highest BCUT2D eigenvalue weighted by atomic mass is 79.9. The second kappa shape index (κ2) is 3.35. The summed E-state index contributed by atoms with van der Waals surface area (Å²) in [7, 11) is 0.